The normalized spacial score (nSPS) is 18.0. The first-order valence-corrected chi connectivity index (χ1v) is 10.1. The fourth-order valence-electron chi connectivity index (χ4n) is 3.74. The number of anilines is 2. The SMILES string of the molecule is CN(C)c1ccc(NC(=O)c2ccc3c(c2)C(=O)N(CC2CCCO2)C3=O)cc1Cl. The number of carbonyl (C=O) groups is 3. The van der Waals surface area contributed by atoms with E-state index in [1.165, 1.54) is 17.0 Å². The number of nitrogens with one attached hydrogen (secondary N) is 1. The molecule has 1 saturated heterocycles. The van der Waals surface area contributed by atoms with Crippen LogP contribution in [0.5, 0.6) is 0 Å². The van der Waals surface area contributed by atoms with E-state index in [0.717, 1.165) is 18.5 Å². The fraction of sp³-hybridized carbons (Fsp3) is 0.318. The van der Waals surface area contributed by atoms with Crippen molar-refractivity contribution in [3.63, 3.8) is 0 Å². The summed E-state index contributed by atoms with van der Waals surface area (Å²) in [7, 11) is 3.76. The van der Waals surface area contributed by atoms with Gasteiger partial charge >= 0.3 is 0 Å². The predicted octanol–water partition coefficient (Wildman–Crippen LogP) is 3.43. The largest absolute Gasteiger partial charge is 0.376 e. The van der Waals surface area contributed by atoms with Crippen molar-refractivity contribution in [1.29, 1.82) is 0 Å². The molecule has 2 aliphatic heterocycles. The van der Waals surface area contributed by atoms with Gasteiger partial charge in [-0.15, -0.1) is 0 Å². The minimum atomic E-state index is -0.390. The molecule has 4 rings (SSSR count). The van der Waals surface area contributed by atoms with Crippen LogP contribution in [0.4, 0.5) is 11.4 Å². The molecule has 0 aromatic heterocycles. The Morgan fingerprint density at radius 2 is 1.93 bits per heavy atom. The molecule has 2 aromatic rings. The van der Waals surface area contributed by atoms with Crippen LogP contribution in [0.1, 0.15) is 43.9 Å². The fourth-order valence-corrected chi connectivity index (χ4v) is 4.09. The second kappa shape index (κ2) is 8.08. The van der Waals surface area contributed by atoms with Gasteiger partial charge in [0.1, 0.15) is 0 Å². The highest BCUT2D eigenvalue weighted by molar-refractivity contribution is 6.33. The Labute approximate surface area is 179 Å². The smallest absolute Gasteiger partial charge is 0.261 e. The van der Waals surface area contributed by atoms with Crippen LogP contribution in [0.15, 0.2) is 36.4 Å². The van der Waals surface area contributed by atoms with Crippen molar-refractivity contribution < 1.29 is 19.1 Å². The van der Waals surface area contributed by atoms with Crippen LogP contribution in [-0.2, 0) is 4.74 Å². The van der Waals surface area contributed by atoms with Crippen molar-refractivity contribution in [2.24, 2.45) is 0 Å². The first kappa shape index (κ1) is 20.4. The van der Waals surface area contributed by atoms with Crippen molar-refractivity contribution in [2.45, 2.75) is 18.9 Å². The van der Waals surface area contributed by atoms with E-state index in [1.54, 1.807) is 18.2 Å². The van der Waals surface area contributed by atoms with Gasteiger partial charge < -0.3 is 15.0 Å². The Hall–Kier alpha value is -2.90. The van der Waals surface area contributed by atoms with Crippen LogP contribution < -0.4 is 10.2 Å². The molecule has 156 valence electrons. The molecule has 1 unspecified atom stereocenters. The Bertz CT molecular complexity index is 1030. The summed E-state index contributed by atoms with van der Waals surface area (Å²) in [4.78, 5) is 41.2. The second-order valence-electron chi connectivity index (χ2n) is 7.63. The molecular weight excluding hydrogens is 406 g/mol. The van der Waals surface area contributed by atoms with E-state index >= 15 is 0 Å². The number of nitrogens with zero attached hydrogens (tertiary/aromatic N) is 2. The molecule has 1 atom stereocenters. The zero-order valence-corrected chi connectivity index (χ0v) is 17.5. The van der Waals surface area contributed by atoms with Gasteiger partial charge in [-0.25, -0.2) is 0 Å². The predicted molar refractivity (Wildman–Crippen MR) is 115 cm³/mol. The number of amides is 3. The molecule has 0 bridgehead atoms. The average molecular weight is 428 g/mol. The Balaban J connectivity index is 1.51. The number of imide groups is 1. The van der Waals surface area contributed by atoms with Gasteiger partial charge in [0.05, 0.1) is 34.5 Å². The second-order valence-corrected chi connectivity index (χ2v) is 8.04. The Morgan fingerprint density at radius 1 is 1.17 bits per heavy atom. The van der Waals surface area contributed by atoms with Gasteiger partial charge in [0.2, 0.25) is 0 Å². The number of benzene rings is 2. The summed E-state index contributed by atoms with van der Waals surface area (Å²) >= 11 is 6.26. The van der Waals surface area contributed by atoms with Crippen molar-refractivity contribution in [3.05, 3.63) is 58.1 Å². The van der Waals surface area contributed by atoms with E-state index in [4.69, 9.17) is 16.3 Å². The highest BCUT2D eigenvalue weighted by Crippen LogP contribution is 2.29. The number of ether oxygens (including phenoxy) is 1. The lowest BCUT2D eigenvalue weighted by atomic mass is 10.1. The summed E-state index contributed by atoms with van der Waals surface area (Å²) in [6.45, 7) is 0.891. The van der Waals surface area contributed by atoms with Crippen LogP contribution in [0, 0.1) is 0 Å². The van der Waals surface area contributed by atoms with Gasteiger partial charge in [-0.1, -0.05) is 11.6 Å². The van der Waals surface area contributed by atoms with Gasteiger partial charge in [-0.2, -0.15) is 0 Å². The lowest BCUT2D eigenvalue weighted by Gasteiger charge is -2.17. The van der Waals surface area contributed by atoms with Crippen molar-refractivity contribution >= 4 is 40.7 Å². The summed E-state index contributed by atoms with van der Waals surface area (Å²) < 4.78 is 5.55. The topological polar surface area (TPSA) is 79.0 Å². The highest BCUT2D eigenvalue weighted by Gasteiger charge is 2.37. The molecule has 0 radical (unpaired) electrons. The molecular formula is C22H22ClN3O4. The van der Waals surface area contributed by atoms with Crippen molar-refractivity contribution in [3.8, 4) is 0 Å². The molecule has 2 aromatic carbocycles. The van der Waals surface area contributed by atoms with Crippen molar-refractivity contribution in [1.82, 2.24) is 4.90 Å². The van der Waals surface area contributed by atoms with Crippen LogP contribution in [0.2, 0.25) is 5.02 Å². The molecule has 2 heterocycles. The van der Waals surface area contributed by atoms with E-state index in [0.29, 0.717) is 28.4 Å². The van der Waals surface area contributed by atoms with Gasteiger partial charge in [0.25, 0.3) is 17.7 Å². The summed E-state index contributed by atoms with van der Waals surface area (Å²) in [5, 5.41) is 3.29. The van der Waals surface area contributed by atoms with E-state index in [1.807, 2.05) is 25.1 Å². The average Bonchev–Trinajstić information content (AvgIpc) is 3.30. The maximum absolute atomic E-state index is 12.8. The maximum Gasteiger partial charge on any atom is 0.261 e. The molecule has 2 aliphatic rings. The molecule has 3 amide bonds. The van der Waals surface area contributed by atoms with Gasteiger partial charge in [-0.3, -0.25) is 19.3 Å². The first-order chi connectivity index (χ1) is 14.3. The third-order valence-corrected chi connectivity index (χ3v) is 5.63. The molecule has 1 N–H and O–H groups in total. The summed E-state index contributed by atoms with van der Waals surface area (Å²) in [5.41, 5.74) is 2.22. The molecule has 0 saturated carbocycles. The van der Waals surface area contributed by atoms with Crippen LogP contribution >= 0.6 is 11.6 Å². The standard InChI is InChI=1S/C22H22ClN3O4/c1-25(2)19-8-6-14(11-18(19)23)24-20(27)13-5-7-16-17(10-13)22(29)26(21(16)28)12-15-4-3-9-30-15/h5-8,10-11,15H,3-4,9,12H2,1-2H3,(H,24,27). The molecule has 30 heavy (non-hydrogen) atoms. The molecule has 8 heteroatoms. The van der Waals surface area contributed by atoms with Crippen LogP contribution in [-0.4, -0.2) is 56.0 Å². The monoisotopic (exact) mass is 427 g/mol. The van der Waals surface area contributed by atoms with E-state index in [-0.39, 0.29) is 30.0 Å². The lowest BCUT2D eigenvalue weighted by molar-refractivity contribution is 0.0475. The molecule has 7 nitrogen and oxygen atoms in total. The van der Waals surface area contributed by atoms with E-state index in [2.05, 4.69) is 5.32 Å². The van der Waals surface area contributed by atoms with E-state index < -0.39 is 5.91 Å². The third kappa shape index (κ3) is 3.78. The summed E-state index contributed by atoms with van der Waals surface area (Å²) in [6, 6.07) is 9.78. The highest BCUT2D eigenvalue weighted by atomic mass is 35.5. The number of hydrogen-bond acceptors (Lipinski definition) is 5. The quantitative estimate of drug-likeness (QED) is 0.739. The number of halogens is 1. The molecule has 1 fully saturated rings. The Morgan fingerprint density at radius 3 is 2.60 bits per heavy atom. The van der Waals surface area contributed by atoms with E-state index in [9.17, 15) is 14.4 Å². The molecule has 0 aliphatic carbocycles. The van der Waals surface area contributed by atoms with Crippen LogP contribution in [0.25, 0.3) is 0 Å². The number of carbonyl (C=O) groups excluding carboxylic acids is 3. The van der Waals surface area contributed by atoms with Gasteiger partial charge in [0.15, 0.2) is 0 Å². The molecule has 0 spiro atoms. The zero-order chi connectivity index (χ0) is 21.4. The number of fused-ring (bicyclic) bond motifs is 1. The summed E-state index contributed by atoms with van der Waals surface area (Å²) in [6.07, 6.45) is 1.64. The Kier molecular flexibility index (Phi) is 5.49. The number of rotatable bonds is 5. The van der Waals surface area contributed by atoms with Gasteiger partial charge in [-0.05, 0) is 49.2 Å². The van der Waals surface area contributed by atoms with Crippen molar-refractivity contribution in [2.75, 3.05) is 37.5 Å². The zero-order valence-electron chi connectivity index (χ0n) is 16.8. The van der Waals surface area contributed by atoms with Gasteiger partial charge in [0, 0.05) is 32.0 Å². The summed E-state index contributed by atoms with van der Waals surface area (Å²) in [5.74, 6) is -1.12. The first-order valence-electron chi connectivity index (χ1n) is 9.75. The minimum absolute atomic E-state index is 0.120. The maximum atomic E-state index is 12.8. The number of hydrogen-bond donors (Lipinski definition) is 1. The van der Waals surface area contributed by atoms with Crippen LogP contribution in [0.3, 0.4) is 0 Å². The third-order valence-electron chi connectivity index (χ3n) is 5.33. The minimum Gasteiger partial charge on any atom is -0.376 e. The lowest BCUT2D eigenvalue weighted by Crippen LogP contribution is -2.36.